The van der Waals surface area contributed by atoms with E-state index < -0.39 is 0 Å². The minimum Gasteiger partial charge on any atom is -0.297 e. The number of rotatable bonds is 2. The van der Waals surface area contributed by atoms with Crippen molar-refractivity contribution >= 4 is 5.78 Å². The van der Waals surface area contributed by atoms with E-state index in [0.29, 0.717) is 11.7 Å². The van der Waals surface area contributed by atoms with Gasteiger partial charge in [-0.15, -0.1) is 0 Å². The Balaban J connectivity index is 1.67. The van der Waals surface area contributed by atoms with Crippen LogP contribution in [0.1, 0.15) is 32.1 Å². The number of carbonyl (C=O) groups is 1. The van der Waals surface area contributed by atoms with Gasteiger partial charge < -0.3 is 0 Å². The Hall–Kier alpha value is -0.370. The third-order valence-corrected chi connectivity index (χ3v) is 3.74. The summed E-state index contributed by atoms with van der Waals surface area (Å²) in [4.78, 5) is 14.2. The molecule has 0 amide bonds. The molecular formula is C10H15NO. The molecule has 2 heteroatoms. The van der Waals surface area contributed by atoms with Gasteiger partial charge in [-0.05, 0) is 12.8 Å². The van der Waals surface area contributed by atoms with Crippen LogP contribution in [0.5, 0.6) is 0 Å². The Morgan fingerprint density at radius 1 is 1.17 bits per heavy atom. The molecule has 2 heterocycles. The van der Waals surface area contributed by atoms with Crippen molar-refractivity contribution in [2.75, 3.05) is 13.1 Å². The van der Waals surface area contributed by atoms with Crippen molar-refractivity contribution < 1.29 is 4.79 Å². The zero-order valence-corrected chi connectivity index (χ0v) is 7.38. The third kappa shape index (κ3) is 0.817. The molecule has 0 aromatic carbocycles. The summed E-state index contributed by atoms with van der Waals surface area (Å²) in [7, 11) is 0. The Kier molecular flexibility index (Phi) is 1.24. The molecule has 0 bridgehead atoms. The molecule has 12 heavy (non-hydrogen) atoms. The zero-order chi connectivity index (χ0) is 8.18. The smallest absolute Gasteiger partial charge is 0.158 e. The van der Waals surface area contributed by atoms with Gasteiger partial charge in [0.15, 0.2) is 5.78 Å². The molecule has 0 N–H and O–H groups in total. The molecule has 1 saturated carbocycles. The molecule has 0 aromatic rings. The Morgan fingerprint density at radius 2 is 1.75 bits per heavy atom. The van der Waals surface area contributed by atoms with Gasteiger partial charge in [-0.25, -0.2) is 0 Å². The van der Waals surface area contributed by atoms with Gasteiger partial charge in [0.2, 0.25) is 0 Å². The average Bonchev–Trinajstić information content (AvgIpc) is 2.91. The van der Waals surface area contributed by atoms with Gasteiger partial charge in [-0.3, -0.25) is 9.69 Å². The first-order chi connectivity index (χ1) is 5.83. The van der Waals surface area contributed by atoms with Crippen LogP contribution in [-0.2, 0) is 4.79 Å². The van der Waals surface area contributed by atoms with Crippen molar-refractivity contribution in [3.63, 3.8) is 0 Å². The maximum Gasteiger partial charge on any atom is 0.158 e. The lowest BCUT2D eigenvalue weighted by Crippen LogP contribution is -2.28. The molecule has 2 aliphatic heterocycles. The van der Waals surface area contributed by atoms with E-state index in [-0.39, 0.29) is 5.54 Å². The van der Waals surface area contributed by atoms with Crippen LogP contribution in [0.3, 0.4) is 0 Å². The minimum absolute atomic E-state index is 0.127. The Labute approximate surface area is 72.9 Å². The number of nitrogens with zero attached hydrogens (tertiary/aromatic N) is 1. The highest BCUT2D eigenvalue weighted by Gasteiger charge is 2.73. The van der Waals surface area contributed by atoms with Crippen LogP contribution in [-0.4, -0.2) is 29.3 Å². The first-order valence-electron chi connectivity index (χ1n) is 5.12. The monoisotopic (exact) mass is 165 g/mol. The summed E-state index contributed by atoms with van der Waals surface area (Å²) >= 11 is 0. The second-order valence-electron chi connectivity index (χ2n) is 4.59. The molecule has 0 radical (unpaired) electrons. The van der Waals surface area contributed by atoms with Crippen molar-refractivity contribution in [2.45, 2.75) is 37.6 Å². The SMILES string of the molecule is O=C(C1CCCCC1)C12CN1C2. The minimum atomic E-state index is 0.127. The fourth-order valence-corrected chi connectivity index (χ4v) is 2.57. The molecule has 0 unspecified atom stereocenters. The quantitative estimate of drug-likeness (QED) is 0.573. The van der Waals surface area contributed by atoms with Crippen LogP contribution in [0.2, 0.25) is 0 Å². The fraction of sp³-hybridized carbons (Fsp3) is 0.900. The van der Waals surface area contributed by atoms with Crippen LogP contribution in [0.15, 0.2) is 0 Å². The predicted molar refractivity (Wildman–Crippen MR) is 45.9 cm³/mol. The van der Waals surface area contributed by atoms with Gasteiger partial charge in [0.25, 0.3) is 0 Å². The van der Waals surface area contributed by atoms with E-state index in [1.54, 1.807) is 0 Å². The van der Waals surface area contributed by atoms with Crippen LogP contribution < -0.4 is 0 Å². The first kappa shape index (κ1) is 7.07. The molecule has 3 rings (SSSR count). The molecule has 2 saturated heterocycles. The van der Waals surface area contributed by atoms with E-state index in [4.69, 9.17) is 0 Å². The molecular weight excluding hydrogens is 150 g/mol. The number of hydrogen-bond donors (Lipinski definition) is 0. The Bertz CT molecular complexity index is 224. The van der Waals surface area contributed by atoms with E-state index in [9.17, 15) is 4.79 Å². The van der Waals surface area contributed by atoms with Crippen LogP contribution >= 0.6 is 0 Å². The van der Waals surface area contributed by atoms with Crippen molar-refractivity contribution in [2.24, 2.45) is 5.92 Å². The first-order valence-corrected chi connectivity index (χ1v) is 5.12. The van der Waals surface area contributed by atoms with Crippen molar-refractivity contribution in [3.8, 4) is 0 Å². The van der Waals surface area contributed by atoms with Crippen LogP contribution in [0.4, 0.5) is 0 Å². The largest absolute Gasteiger partial charge is 0.297 e. The maximum atomic E-state index is 11.9. The molecule has 0 spiro atoms. The Morgan fingerprint density at radius 3 is 2.25 bits per heavy atom. The zero-order valence-electron chi connectivity index (χ0n) is 7.38. The number of ketones is 1. The van der Waals surface area contributed by atoms with Gasteiger partial charge in [0.05, 0.1) is 0 Å². The summed E-state index contributed by atoms with van der Waals surface area (Å²) in [5.74, 6) is 1.02. The summed E-state index contributed by atoms with van der Waals surface area (Å²) in [5.41, 5.74) is 0.127. The summed E-state index contributed by atoms with van der Waals surface area (Å²) in [6.07, 6.45) is 6.27. The number of fused-ring (bicyclic) bond motifs is 1. The third-order valence-electron chi connectivity index (χ3n) is 3.74. The second kappa shape index (κ2) is 2.11. The highest BCUT2D eigenvalue weighted by Crippen LogP contribution is 2.52. The van der Waals surface area contributed by atoms with Gasteiger partial charge in [0, 0.05) is 19.0 Å². The predicted octanol–water partition coefficient (Wildman–Crippen LogP) is 1.20. The molecule has 3 fully saturated rings. The van der Waals surface area contributed by atoms with E-state index in [1.807, 2.05) is 0 Å². The van der Waals surface area contributed by atoms with Gasteiger partial charge in [0.1, 0.15) is 5.54 Å². The van der Waals surface area contributed by atoms with Gasteiger partial charge in [-0.2, -0.15) is 0 Å². The number of Topliss-reactive ketones (excluding diaryl/α,β-unsaturated/α-hetero) is 1. The summed E-state index contributed by atoms with van der Waals surface area (Å²) in [6, 6.07) is 0. The molecule has 1 aliphatic carbocycles. The highest BCUT2D eigenvalue weighted by molar-refractivity contribution is 5.97. The second-order valence-corrected chi connectivity index (χ2v) is 4.59. The molecule has 3 aliphatic rings. The van der Waals surface area contributed by atoms with Crippen molar-refractivity contribution in [3.05, 3.63) is 0 Å². The summed E-state index contributed by atoms with van der Waals surface area (Å²) in [5, 5.41) is 0. The highest BCUT2D eigenvalue weighted by atomic mass is 16.1. The lowest BCUT2D eigenvalue weighted by molar-refractivity contribution is -0.124. The van der Waals surface area contributed by atoms with Crippen molar-refractivity contribution in [1.29, 1.82) is 0 Å². The van der Waals surface area contributed by atoms with E-state index in [0.717, 1.165) is 13.1 Å². The lowest BCUT2D eigenvalue weighted by atomic mass is 9.83. The average molecular weight is 165 g/mol. The molecule has 2 nitrogen and oxygen atoms in total. The van der Waals surface area contributed by atoms with Crippen LogP contribution in [0.25, 0.3) is 0 Å². The topological polar surface area (TPSA) is 20.1 Å². The van der Waals surface area contributed by atoms with Crippen molar-refractivity contribution in [1.82, 2.24) is 4.90 Å². The molecule has 66 valence electrons. The summed E-state index contributed by atoms with van der Waals surface area (Å²) < 4.78 is 0. The molecule has 0 aromatic heterocycles. The number of hydrogen-bond acceptors (Lipinski definition) is 2. The molecule has 0 atom stereocenters. The van der Waals surface area contributed by atoms with Gasteiger partial charge in [-0.1, -0.05) is 19.3 Å². The lowest BCUT2D eigenvalue weighted by Gasteiger charge is -2.20. The fourth-order valence-electron chi connectivity index (χ4n) is 2.57. The normalized spacial score (nSPS) is 45.2. The van der Waals surface area contributed by atoms with Gasteiger partial charge >= 0.3 is 0 Å². The number of carbonyl (C=O) groups excluding carboxylic acids is 1. The van der Waals surface area contributed by atoms with E-state index >= 15 is 0 Å². The van der Waals surface area contributed by atoms with Crippen LogP contribution in [0, 0.1) is 5.92 Å². The maximum absolute atomic E-state index is 11.9. The van der Waals surface area contributed by atoms with E-state index in [1.165, 1.54) is 32.1 Å². The standard InChI is InChI=1S/C10H15NO/c12-9(10-6-11(10)7-10)8-4-2-1-3-5-8/h8H,1-7H2. The van der Waals surface area contributed by atoms with E-state index in [2.05, 4.69) is 4.90 Å². The summed E-state index contributed by atoms with van der Waals surface area (Å²) in [6.45, 7) is 2.17.